The number of nitrogens with zero attached hydrogens (tertiary/aromatic N) is 1. The quantitative estimate of drug-likeness (QED) is 0.576. The van der Waals surface area contributed by atoms with Gasteiger partial charge in [0.25, 0.3) is 5.91 Å². The minimum Gasteiger partial charge on any atom is -0.276 e. The average Bonchev–Trinajstić information content (AvgIpc) is 2.55. The molecule has 0 aromatic carbocycles. The topological polar surface area (TPSA) is 20.3 Å². The van der Waals surface area contributed by atoms with Gasteiger partial charge in [0.15, 0.2) is 0 Å². The van der Waals surface area contributed by atoms with Crippen molar-refractivity contribution in [3.8, 4) is 0 Å². The van der Waals surface area contributed by atoms with E-state index < -0.39 is 0 Å². The van der Waals surface area contributed by atoms with Gasteiger partial charge in [0.05, 0.1) is 35.0 Å². The van der Waals surface area contributed by atoms with E-state index >= 15 is 0 Å². The molecule has 0 radical (unpaired) electrons. The standard InChI is InChI=1S/C9H10INOS/c1-5(2)8-6-3-11(10)9(12)7(6)4-13-8/h4-5H,3H2,1-2H3. The molecule has 0 aliphatic carbocycles. The van der Waals surface area contributed by atoms with Crippen molar-refractivity contribution in [2.45, 2.75) is 26.3 Å². The van der Waals surface area contributed by atoms with Crippen LogP contribution in [0, 0.1) is 0 Å². The van der Waals surface area contributed by atoms with E-state index in [-0.39, 0.29) is 5.91 Å². The Morgan fingerprint density at radius 1 is 1.62 bits per heavy atom. The predicted molar refractivity (Wildman–Crippen MR) is 62.3 cm³/mol. The molecule has 1 amide bonds. The van der Waals surface area contributed by atoms with E-state index in [9.17, 15) is 4.79 Å². The Morgan fingerprint density at radius 2 is 2.31 bits per heavy atom. The highest BCUT2D eigenvalue weighted by molar-refractivity contribution is 14.1. The molecule has 2 heterocycles. The molecular weight excluding hydrogens is 297 g/mol. The summed E-state index contributed by atoms with van der Waals surface area (Å²) in [5.41, 5.74) is 2.17. The minimum absolute atomic E-state index is 0.166. The van der Waals surface area contributed by atoms with Crippen molar-refractivity contribution in [2.24, 2.45) is 0 Å². The second-order valence-corrected chi connectivity index (χ2v) is 5.55. The van der Waals surface area contributed by atoms with Gasteiger partial charge in [0.1, 0.15) is 0 Å². The van der Waals surface area contributed by atoms with Crippen molar-refractivity contribution >= 4 is 40.1 Å². The zero-order chi connectivity index (χ0) is 9.59. The van der Waals surface area contributed by atoms with Crippen LogP contribution < -0.4 is 0 Å². The van der Waals surface area contributed by atoms with Crippen LogP contribution in [-0.2, 0) is 6.54 Å². The maximum absolute atomic E-state index is 11.6. The Bertz CT molecular complexity index is 358. The molecule has 0 fully saturated rings. The van der Waals surface area contributed by atoms with E-state index in [0.717, 1.165) is 12.1 Å². The Hall–Kier alpha value is -0.100. The van der Waals surface area contributed by atoms with Gasteiger partial charge in [-0.05, 0) is 11.5 Å². The van der Waals surface area contributed by atoms with Gasteiger partial charge < -0.3 is 0 Å². The summed E-state index contributed by atoms with van der Waals surface area (Å²) in [6, 6.07) is 0. The first-order chi connectivity index (χ1) is 6.11. The number of carbonyl (C=O) groups is 1. The summed E-state index contributed by atoms with van der Waals surface area (Å²) in [4.78, 5) is 12.9. The van der Waals surface area contributed by atoms with E-state index in [1.54, 1.807) is 14.5 Å². The van der Waals surface area contributed by atoms with Gasteiger partial charge in [0.2, 0.25) is 0 Å². The number of amides is 1. The van der Waals surface area contributed by atoms with Crippen molar-refractivity contribution < 1.29 is 4.79 Å². The first-order valence-electron chi connectivity index (χ1n) is 4.19. The van der Waals surface area contributed by atoms with Crippen LogP contribution in [-0.4, -0.2) is 9.02 Å². The van der Waals surface area contributed by atoms with E-state index in [0.29, 0.717) is 5.92 Å². The molecule has 2 rings (SSSR count). The monoisotopic (exact) mass is 307 g/mol. The Balaban J connectivity index is 2.48. The van der Waals surface area contributed by atoms with Crippen LogP contribution in [0.1, 0.15) is 40.6 Å². The Kier molecular flexibility index (Phi) is 2.35. The van der Waals surface area contributed by atoms with Crippen molar-refractivity contribution in [3.63, 3.8) is 0 Å². The van der Waals surface area contributed by atoms with Crippen LogP contribution in [0.5, 0.6) is 0 Å². The van der Waals surface area contributed by atoms with Gasteiger partial charge in [-0.1, -0.05) is 13.8 Å². The van der Waals surface area contributed by atoms with Crippen LogP contribution in [0.3, 0.4) is 0 Å². The van der Waals surface area contributed by atoms with Gasteiger partial charge in [0, 0.05) is 10.3 Å². The van der Waals surface area contributed by atoms with Crippen molar-refractivity contribution in [1.29, 1.82) is 0 Å². The largest absolute Gasteiger partial charge is 0.276 e. The molecule has 0 atom stereocenters. The third-order valence-corrected chi connectivity index (χ3v) is 4.30. The first kappa shape index (κ1) is 9.45. The van der Waals surface area contributed by atoms with Gasteiger partial charge in [-0.2, -0.15) is 0 Å². The molecule has 1 aromatic heterocycles. The lowest BCUT2D eigenvalue weighted by molar-refractivity contribution is 0.0905. The van der Waals surface area contributed by atoms with Gasteiger partial charge >= 0.3 is 0 Å². The number of hydrogen-bond donors (Lipinski definition) is 0. The molecule has 1 aromatic rings. The Morgan fingerprint density at radius 3 is 2.92 bits per heavy atom. The van der Waals surface area contributed by atoms with Crippen LogP contribution in [0.4, 0.5) is 0 Å². The summed E-state index contributed by atoms with van der Waals surface area (Å²) in [7, 11) is 0. The van der Waals surface area contributed by atoms with Crippen molar-refractivity contribution in [3.05, 3.63) is 21.4 Å². The van der Waals surface area contributed by atoms with Crippen LogP contribution in [0.25, 0.3) is 0 Å². The van der Waals surface area contributed by atoms with Crippen LogP contribution in [0.2, 0.25) is 0 Å². The zero-order valence-electron chi connectivity index (χ0n) is 7.50. The molecule has 0 saturated carbocycles. The molecular formula is C9H10INOS. The zero-order valence-corrected chi connectivity index (χ0v) is 10.5. The average molecular weight is 307 g/mol. The minimum atomic E-state index is 0.166. The van der Waals surface area contributed by atoms with E-state index in [1.165, 1.54) is 10.4 Å². The molecule has 2 nitrogen and oxygen atoms in total. The number of carbonyl (C=O) groups excluding carboxylic acids is 1. The maximum atomic E-state index is 11.6. The van der Waals surface area contributed by atoms with Crippen molar-refractivity contribution in [2.75, 3.05) is 0 Å². The van der Waals surface area contributed by atoms with Crippen LogP contribution >= 0.6 is 34.2 Å². The number of hydrogen-bond acceptors (Lipinski definition) is 2. The third kappa shape index (κ3) is 1.40. The highest BCUT2D eigenvalue weighted by Gasteiger charge is 2.30. The SMILES string of the molecule is CC(C)c1scc2c1CN(I)C2=O. The summed E-state index contributed by atoms with van der Waals surface area (Å²) in [5, 5.41) is 1.99. The molecule has 0 saturated heterocycles. The second-order valence-electron chi connectivity index (χ2n) is 3.47. The van der Waals surface area contributed by atoms with Gasteiger partial charge in [-0.15, -0.1) is 11.3 Å². The normalized spacial score (nSPS) is 15.7. The van der Waals surface area contributed by atoms with E-state index in [2.05, 4.69) is 36.7 Å². The number of thiophene rings is 1. The van der Waals surface area contributed by atoms with E-state index in [4.69, 9.17) is 0 Å². The molecule has 0 N–H and O–H groups in total. The fraction of sp³-hybridized carbons (Fsp3) is 0.444. The lowest BCUT2D eigenvalue weighted by atomic mass is 10.1. The number of fused-ring (bicyclic) bond motifs is 1. The molecule has 1 aliphatic rings. The molecule has 4 heteroatoms. The summed E-state index contributed by atoms with van der Waals surface area (Å²) < 4.78 is 1.75. The fourth-order valence-corrected chi connectivity index (χ4v) is 3.24. The third-order valence-electron chi connectivity index (χ3n) is 2.20. The lowest BCUT2D eigenvalue weighted by Gasteiger charge is -2.06. The number of halogens is 1. The molecule has 1 aliphatic heterocycles. The molecule has 0 spiro atoms. The summed E-state index contributed by atoms with van der Waals surface area (Å²) in [5.74, 6) is 0.697. The van der Waals surface area contributed by atoms with Gasteiger partial charge in [-0.25, -0.2) is 0 Å². The second kappa shape index (κ2) is 3.24. The van der Waals surface area contributed by atoms with Gasteiger partial charge in [-0.3, -0.25) is 7.91 Å². The Labute approximate surface area is 95.4 Å². The van der Waals surface area contributed by atoms with E-state index in [1.807, 2.05) is 5.38 Å². The molecule has 70 valence electrons. The first-order valence-corrected chi connectivity index (χ1v) is 6.03. The molecule has 0 bridgehead atoms. The summed E-state index contributed by atoms with van der Waals surface area (Å²) in [6.45, 7) is 5.13. The predicted octanol–water partition coefficient (Wildman–Crippen LogP) is 3.18. The van der Waals surface area contributed by atoms with Crippen molar-refractivity contribution in [1.82, 2.24) is 3.11 Å². The number of rotatable bonds is 1. The molecule has 0 unspecified atom stereocenters. The highest BCUT2D eigenvalue weighted by Crippen LogP contribution is 2.36. The maximum Gasteiger partial charge on any atom is 0.264 e. The summed E-state index contributed by atoms with van der Waals surface area (Å²) >= 11 is 3.79. The highest BCUT2D eigenvalue weighted by atomic mass is 127. The van der Waals surface area contributed by atoms with Crippen LogP contribution in [0.15, 0.2) is 5.38 Å². The molecule has 13 heavy (non-hydrogen) atoms. The smallest absolute Gasteiger partial charge is 0.264 e. The fourth-order valence-electron chi connectivity index (χ4n) is 1.57. The lowest BCUT2D eigenvalue weighted by Crippen LogP contribution is -2.10. The summed E-state index contributed by atoms with van der Waals surface area (Å²) in [6.07, 6.45) is 0.